The van der Waals surface area contributed by atoms with Crippen LogP contribution in [-0.4, -0.2) is 27.9 Å². The van der Waals surface area contributed by atoms with E-state index in [1.165, 1.54) is 0 Å². The summed E-state index contributed by atoms with van der Waals surface area (Å²) in [4.78, 5) is 25.1. The van der Waals surface area contributed by atoms with Gasteiger partial charge in [0.05, 0.1) is 0 Å². The summed E-state index contributed by atoms with van der Waals surface area (Å²) in [5.74, 6) is 0.0599. The third kappa shape index (κ3) is 3.61. The Morgan fingerprint density at radius 1 is 1.32 bits per heavy atom. The second-order valence-electron chi connectivity index (χ2n) is 8.65. The molecule has 1 aliphatic carbocycles. The fourth-order valence-corrected chi connectivity index (χ4v) is 4.77. The molecule has 2 unspecified atom stereocenters. The molecule has 2 atom stereocenters. The molecule has 0 spiro atoms. The maximum absolute atomic E-state index is 12.6. The first-order valence-corrected chi connectivity index (χ1v) is 10.7. The van der Waals surface area contributed by atoms with Crippen LogP contribution < -0.4 is 10.2 Å². The zero-order chi connectivity index (χ0) is 22.3. The summed E-state index contributed by atoms with van der Waals surface area (Å²) < 4.78 is 17.9. The Balaban J connectivity index is 1.84. The lowest BCUT2D eigenvalue weighted by Crippen LogP contribution is -2.55. The highest BCUT2D eigenvalue weighted by atomic mass is 16.6. The Morgan fingerprint density at radius 2 is 2.03 bits per heavy atom. The topological polar surface area (TPSA) is 106 Å². The van der Waals surface area contributed by atoms with E-state index >= 15 is 0 Å². The summed E-state index contributed by atoms with van der Waals surface area (Å²) in [5.41, 5.74) is -0.153. The number of phenols is 1. The van der Waals surface area contributed by atoms with Crippen LogP contribution in [0.15, 0.2) is 33.0 Å². The maximum Gasteiger partial charge on any atom is 0.333 e. The number of aromatic hydroxyl groups is 1. The highest BCUT2D eigenvalue weighted by molar-refractivity contribution is 5.88. The van der Waals surface area contributed by atoms with Gasteiger partial charge in [-0.05, 0) is 33.6 Å². The maximum atomic E-state index is 12.6. The number of carbonyl (C=O) groups excluding carboxylic acids is 1. The molecule has 0 bridgehead atoms. The van der Waals surface area contributed by atoms with E-state index in [9.17, 15) is 19.8 Å². The highest BCUT2D eigenvalue weighted by Gasteiger charge is 2.50. The number of hydrogen-bond acceptors (Lipinski definition) is 7. The predicted molar refractivity (Wildman–Crippen MR) is 114 cm³/mol. The number of ether oxygens (including phenoxy) is 2. The van der Waals surface area contributed by atoms with Gasteiger partial charge in [0.25, 0.3) is 0 Å². The molecule has 1 saturated carbocycles. The molecule has 2 N–H and O–H groups in total. The molecule has 1 aliphatic heterocycles. The monoisotopic (exact) mass is 428 g/mol. The highest BCUT2D eigenvalue weighted by Crippen LogP contribution is 2.48. The summed E-state index contributed by atoms with van der Waals surface area (Å²) in [6.45, 7) is 5.00. The van der Waals surface area contributed by atoms with Crippen molar-refractivity contribution in [3.05, 3.63) is 45.3 Å². The van der Waals surface area contributed by atoms with Crippen molar-refractivity contribution in [2.45, 2.75) is 71.2 Å². The fourth-order valence-electron chi connectivity index (χ4n) is 4.77. The lowest BCUT2D eigenvalue weighted by Gasteiger charge is -2.45. The van der Waals surface area contributed by atoms with Crippen molar-refractivity contribution in [3.63, 3.8) is 0 Å². The van der Waals surface area contributed by atoms with Crippen molar-refractivity contribution in [2.75, 3.05) is 0 Å². The molecule has 31 heavy (non-hydrogen) atoms. The van der Waals surface area contributed by atoms with Crippen molar-refractivity contribution in [1.82, 2.24) is 0 Å². The normalized spacial score (nSPS) is 24.1. The lowest BCUT2D eigenvalue weighted by molar-refractivity contribution is -0.164. The van der Waals surface area contributed by atoms with E-state index in [1.54, 1.807) is 26.0 Å². The Bertz CT molecular complexity index is 1110. The van der Waals surface area contributed by atoms with Crippen LogP contribution in [0.2, 0.25) is 0 Å². The van der Waals surface area contributed by atoms with Gasteiger partial charge in [-0.3, -0.25) is 4.79 Å². The van der Waals surface area contributed by atoms with Crippen molar-refractivity contribution >= 4 is 16.9 Å². The molecular weight excluding hydrogens is 400 g/mol. The number of allylic oxidation sites excluding steroid dienone is 1. The minimum atomic E-state index is -0.776. The first-order valence-electron chi connectivity index (χ1n) is 10.7. The summed E-state index contributed by atoms with van der Waals surface area (Å²) >= 11 is 0. The van der Waals surface area contributed by atoms with E-state index in [2.05, 4.69) is 0 Å². The second kappa shape index (κ2) is 8.04. The van der Waals surface area contributed by atoms with Gasteiger partial charge in [0.15, 0.2) is 5.43 Å². The van der Waals surface area contributed by atoms with Crippen LogP contribution in [0.25, 0.3) is 11.0 Å². The molecule has 2 heterocycles. The molecule has 4 rings (SSSR count). The number of phenolic OH excluding ortho intramolecular Hbond substituents is 1. The van der Waals surface area contributed by atoms with E-state index in [0.29, 0.717) is 16.9 Å². The summed E-state index contributed by atoms with van der Waals surface area (Å²) in [7, 11) is 0. The average Bonchev–Trinajstić information content (AvgIpc) is 3.29. The smallest absolute Gasteiger partial charge is 0.333 e. The molecule has 2 aliphatic rings. The molecule has 166 valence electrons. The van der Waals surface area contributed by atoms with Gasteiger partial charge in [-0.1, -0.05) is 18.9 Å². The van der Waals surface area contributed by atoms with E-state index in [0.717, 1.165) is 31.7 Å². The van der Waals surface area contributed by atoms with Crippen molar-refractivity contribution in [2.24, 2.45) is 5.92 Å². The standard InChI is InChI=1S/C24H28O7/c1-4-13(2)23(28)30-20-10-16-18(31-24(20,3)14-7-5-6-8-14)11-19-21(22(16)27)17(26)9-15(12-25)29-19/h4,9,11,14,20,25,27H,5-8,10,12H2,1-3H3. The van der Waals surface area contributed by atoms with Gasteiger partial charge in [0, 0.05) is 35.6 Å². The van der Waals surface area contributed by atoms with Crippen LogP contribution in [0.4, 0.5) is 0 Å². The molecule has 0 amide bonds. The molecule has 0 saturated heterocycles. The van der Waals surface area contributed by atoms with Gasteiger partial charge >= 0.3 is 5.97 Å². The number of hydrogen-bond donors (Lipinski definition) is 2. The minimum absolute atomic E-state index is 0.0266. The Kier molecular flexibility index (Phi) is 5.56. The zero-order valence-corrected chi connectivity index (χ0v) is 18.1. The van der Waals surface area contributed by atoms with Gasteiger partial charge in [0.2, 0.25) is 0 Å². The van der Waals surface area contributed by atoms with Crippen molar-refractivity contribution in [1.29, 1.82) is 0 Å². The third-order valence-electron chi connectivity index (χ3n) is 6.79. The summed E-state index contributed by atoms with van der Waals surface area (Å²) in [6.07, 6.45) is 5.41. The van der Waals surface area contributed by atoms with Gasteiger partial charge < -0.3 is 24.1 Å². The van der Waals surface area contributed by atoms with Crippen LogP contribution >= 0.6 is 0 Å². The van der Waals surface area contributed by atoms with Crippen molar-refractivity contribution < 1.29 is 28.9 Å². The number of fused-ring (bicyclic) bond motifs is 2. The molecule has 2 aromatic rings. The molecule has 0 radical (unpaired) electrons. The number of benzene rings is 1. The van der Waals surface area contributed by atoms with E-state index in [4.69, 9.17) is 13.9 Å². The number of esters is 1. The van der Waals surface area contributed by atoms with E-state index in [1.807, 2.05) is 6.92 Å². The van der Waals surface area contributed by atoms with Crippen LogP contribution in [-0.2, 0) is 22.6 Å². The van der Waals surface area contributed by atoms with E-state index in [-0.39, 0.29) is 34.8 Å². The Labute approximate surface area is 180 Å². The Morgan fingerprint density at radius 3 is 2.68 bits per heavy atom. The molecule has 7 heteroatoms. The number of aliphatic hydroxyl groups excluding tert-OH is 1. The Hall–Kier alpha value is -2.80. The summed E-state index contributed by atoms with van der Waals surface area (Å²) in [5, 5.41) is 20.3. The van der Waals surface area contributed by atoms with Crippen molar-refractivity contribution in [3.8, 4) is 11.5 Å². The third-order valence-corrected chi connectivity index (χ3v) is 6.79. The molecule has 1 aromatic carbocycles. The molecule has 1 aromatic heterocycles. The van der Waals surface area contributed by atoms with Gasteiger partial charge in [0.1, 0.15) is 46.5 Å². The first-order chi connectivity index (χ1) is 14.8. The zero-order valence-electron chi connectivity index (χ0n) is 18.1. The first kappa shape index (κ1) is 21.4. The van der Waals surface area contributed by atoms with Crippen LogP contribution in [0.3, 0.4) is 0 Å². The van der Waals surface area contributed by atoms with Crippen LogP contribution in [0, 0.1) is 5.92 Å². The fraction of sp³-hybridized carbons (Fsp3) is 0.500. The largest absolute Gasteiger partial charge is 0.507 e. The number of aliphatic hydroxyl groups is 1. The number of rotatable bonds is 4. The van der Waals surface area contributed by atoms with Gasteiger partial charge in [-0.15, -0.1) is 0 Å². The van der Waals surface area contributed by atoms with Crippen LogP contribution in [0.5, 0.6) is 11.5 Å². The molecule has 7 nitrogen and oxygen atoms in total. The number of carbonyl (C=O) groups is 1. The summed E-state index contributed by atoms with van der Waals surface area (Å²) in [6, 6.07) is 2.75. The van der Waals surface area contributed by atoms with Gasteiger partial charge in [-0.25, -0.2) is 4.79 Å². The molecular formula is C24H28O7. The second-order valence-corrected chi connectivity index (χ2v) is 8.65. The molecule has 1 fully saturated rings. The minimum Gasteiger partial charge on any atom is -0.507 e. The average molecular weight is 428 g/mol. The predicted octanol–water partition coefficient (Wildman–Crippen LogP) is 3.75. The lowest BCUT2D eigenvalue weighted by atomic mass is 9.78. The SMILES string of the molecule is CC=C(C)C(=O)OC1Cc2c(cc3oc(CO)cc(=O)c3c2O)OC1(C)C1CCCC1. The van der Waals surface area contributed by atoms with E-state index < -0.39 is 29.7 Å². The quantitative estimate of drug-likeness (QED) is 0.564. The van der Waals surface area contributed by atoms with Crippen LogP contribution in [0.1, 0.15) is 57.8 Å². The van der Waals surface area contributed by atoms with Gasteiger partial charge in [-0.2, -0.15) is 0 Å².